The number of rotatable bonds is 3. The molecule has 0 saturated carbocycles. The van der Waals surface area contributed by atoms with Crippen LogP contribution in [-0.2, 0) is 9.09 Å². The van der Waals surface area contributed by atoms with Gasteiger partial charge in [-0.05, 0) is 13.8 Å². The number of hydrogen-bond acceptors (Lipinski definition) is 5. The summed E-state index contributed by atoms with van der Waals surface area (Å²) >= 11 is 0. The second kappa shape index (κ2) is 4.18. The van der Waals surface area contributed by atoms with Crippen molar-refractivity contribution in [1.29, 1.82) is 0 Å². The van der Waals surface area contributed by atoms with E-state index in [1.54, 1.807) is 13.8 Å². The number of phosphoric acid groups is 1. The summed E-state index contributed by atoms with van der Waals surface area (Å²) in [5.74, 6) is -0.0469. The van der Waals surface area contributed by atoms with Crippen LogP contribution in [-0.4, -0.2) is 22.1 Å². The number of aromatic hydroxyl groups is 1. The summed E-state index contributed by atoms with van der Waals surface area (Å²) in [4.78, 5) is 12.9. The summed E-state index contributed by atoms with van der Waals surface area (Å²) in [5.41, 5.74) is 0.763. The zero-order chi connectivity index (χ0) is 11.6. The Labute approximate surface area is 87.1 Å². The average molecular weight is 233 g/mol. The Kier molecular flexibility index (Phi) is 3.34. The van der Waals surface area contributed by atoms with Gasteiger partial charge in [-0.1, -0.05) is 0 Å². The predicted molar refractivity (Wildman–Crippen MR) is 52.8 cm³/mol. The third-order valence-corrected chi connectivity index (χ3v) is 2.78. The topological polar surface area (TPSA) is 88.9 Å². The SMILES string of the molecule is COP(=O)(O)Oc1cnc(C)c(O)c1C. The fourth-order valence-electron chi connectivity index (χ4n) is 0.955. The number of aryl methyl sites for hydroxylation is 1. The van der Waals surface area contributed by atoms with Crippen LogP contribution in [0.2, 0.25) is 0 Å². The molecule has 7 heteroatoms. The van der Waals surface area contributed by atoms with E-state index in [4.69, 9.17) is 4.89 Å². The minimum atomic E-state index is -4.11. The Morgan fingerprint density at radius 1 is 1.47 bits per heavy atom. The van der Waals surface area contributed by atoms with Crippen molar-refractivity contribution in [2.75, 3.05) is 7.11 Å². The molecule has 0 aliphatic rings. The van der Waals surface area contributed by atoms with Crippen LogP contribution in [0.4, 0.5) is 0 Å². The van der Waals surface area contributed by atoms with Crippen molar-refractivity contribution in [3.05, 3.63) is 17.5 Å². The van der Waals surface area contributed by atoms with Gasteiger partial charge in [-0.2, -0.15) is 0 Å². The van der Waals surface area contributed by atoms with Gasteiger partial charge in [-0.3, -0.25) is 14.4 Å². The minimum Gasteiger partial charge on any atom is -0.506 e. The molecule has 1 atom stereocenters. The van der Waals surface area contributed by atoms with E-state index in [0.717, 1.165) is 7.11 Å². The van der Waals surface area contributed by atoms with E-state index in [9.17, 15) is 9.67 Å². The van der Waals surface area contributed by atoms with Gasteiger partial charge in [0.2, 0.25) is 0 Å². The van der Waals surface area contributed by atoms with Crippen molar-refractivity contribution in [3.8, 4) is 11.5 Å². The highest BCUT2D eigenvalue weighted by Crippen LogP contribution is 2.44. The molecule has 0 spiro atoms. The van der Waals surface area contributed by atoms with E-state index in [1.807, 2.05) is 0 Å². The fourth-order valence-corrected chi connectivity index (χ4v) is 1.46. The molecule has 0 amide bonds. The van der Waals surface area contributed by atoms with E-state index >= 15 is 0 Å². The zero-order valence-corrected chi connectivity index (χ0v) is 9.49. The summed E-state index contributed by atoms with van der Waals surface area (Å²) in [6, 6.07) is 0. The Morgan fingerprint density at radius 2 is 2.07 bits per heavy atom. The summed E-state index contributed by atoms with van der Waals surface area (Å²) in [5, 5.41) is 9.50. The predicted octanol–water partition coefficient (Wildman–Crippen LogP) is 1.53. The highest BCUT2D eigenvalue weighted by atomic mass is 31.2. The van der Waals surface area contributed by atoms with Gasteiger partial charge >= 0.3 is 7.82 Å². The van der Waals surface area contributed by atoms with Gasteiger partial charge in [-0.15, -0.1) is 0 Å². The molecular weight excluding hydrogens is 221 g/mol. The molecule has 1 aromatic rings. The number of phosphoric ester groups is 1. The first-order valence-corrected chi connectivity index (χ1v) is 5.60. The van der Waals surface area contributed by atoms with Crippen LogP contribution in [0.15, 0.2) is 6.20 Å². The fraction of sp³-hybridized carbons (Fsp3) is 0.375. The normalized spacial score (nSPS) is 14.7. The van der Waals surface area contributed by atoms with Crippen molar-refractivity contribution in [3.63, 3.8) is 0 Å². The largest absolute Gasteiger partial charge is 0.527 e. The summed E-state index contributed by atoms with van der Waals surface area (Å²) in [6.07, 6.45) is 1.26. The lowest BCUT2D eigenvalue weighted by Gasteiger charge is -2.13. The van der Waals surface area contributed by atoms with Gasteiger partial charge in [0, 0.05) is 12.7 Å². The van der Waals surface area contributed by atoms with E-state index in [0.29, 0.717) is 11.3 Å². The molecule has 0 aliphatic carbocycles. The second-order valence-electron chi connectivity index (χ2n) is 2.92. The van der Waals surface area contributed by atoms with Crippen molar-refractivity contribution >= 4 is 7.82 Å². The van der Waals surface area contributed by atoms with Crippen molar-refractivity contribution in [1.82, 2.24) is 4.98 Å². The van der Waals surface area contributed by atoms with Crippen LogP contribution >= 0.6 is 7.82 Å². The Balaban J connectivity index is 3.08. The zero-order valence-electron chi connectivity index (χ0n) is 8.59. The summed E-state index contributed by atoms with van der Waals surface area (Å²) in [7, 11) is -3.06. The van der Waals surface area contributed by atoms with Gasteiger partial charge < -0.3 is 9.63 Å². The van der Waals surface area contributed by atoms with Crippen LogP contribution in [0.5, 0.6) is 11.5 Å². The molecular formula is C8H12NO5P. The lowest BCUT2D eigenvalue weighted by atomic mass is 10.2. The Morgan fingerprint density at radius 3 is 2.60 bits per heavy atom. The van der Waals surface area contributed by atoms with E-state index < -0.39 is 7.82 Å². The monoisotopic (exact) mass is 233 g/mol. The molecule has 0 bridgehead atoms. The molecule has 0 aromatic carbocycles. The lowest BCUT2D eigenvalue weighted by Crippen LogP contribution is -1.97. The van der Waals surface area contributed by atoms with Crippen LogP contribution in [0.1, 0.15) is 11.3 Å². The van der Waals surface area contributed by atoms with Crippen LogP contribution in [0, 0.1) is 13.8 Å². The van der Waals surface area contributed by atoms with Crippen molar-refractivity contribution in [2.45, 2.75) is 13.8 Å². The van der Waals surface area contributed by atoms with Crippen LogP contribution < -0.4 is 4.52 Å². The Hall–Kier alpha value is -1.10. The molecule has 6 nitrogen and oxygen atoms in total. The van der Waals surface area contributed by atoms with Crippen molar-refractivity contribution in [2.24, 2.45) is 0 Å². The number of aromatic nitrogens is 1. The van der Waals surface area contributed by atoms with E-state index in [1.165, 1.54) is 6.20 Å². The molecule has 84 valence electrons. The first-order chi connectivity index (χ1) is 6.87. The maximum Gasteiger partial charge on any atom is 0.527 e. The third-order valence-electron chi connectivity index (χ3n) is 1.89. The van der Waals surface area contributed by atoms with Gasteiger partial charge in [0.05, 0.1) is 11.9 Å². The molecule has 0 aliphatic heterocycles. The highest BCUT2D eigenvalue weighted by Gasteiger charge is 2.22. The van der Waals surface area contributed by atoms with Gasteiger partial charge in [0.1, 0.15) is 5.75 Å². The molecule has 1 aromatic heterocycles. The van der Waals surface area contributed by atoms with Crippen LogP contribution in [0.25, 0.3) is 0 Å². The highest BCUT2D eigenvalue weighted by molar-refractivity contribution is 7.47. The maximum atomic E-state index is 11.1. The maximum absolute atomic E-state index is 11.1. The van der Waals surface area contributed by atoms with E-state index in [2.05, 4.69) is 14.0 Å². The third kappa shape index (κ3) is 2.68. The minimum absolute atomic E-state index is 0.0192. The van der Waals surface area contributed by atoms with Gasteiger partial charge in [-0.25, -0.2) is 4.57 Å². The molecule has 0 radical (unpaired) electrons. The first kappa shape index (κ1) is 12.0. The number of nitrogens with zero attached hydrogens (tertiary/aromatic N) is 1. The standard InChI is InChI=1S/C8H12NO5P/c1-5-7(14-15(11,12)13-3)4-9-6(2)8(5)10/h4,10H,1-3H3,(H,11,12). The molecule has 1 unspecified atom stereocenters. The smallest absolute Gasteiger partial charge is 0.506 e. The molecule has 15 heavy (non-hydrogen) atoms. The Bertz CT molecular complexity index is 420. The average Bonchev–Trinajstić information content (AvgIpc) is 2.19. The van der Waals surface area contributed by atoms with Crippen molar-refractivity contribution < 1.29 is 23.6 Å². The number of hydrogen-bond donors (Lipinski definition) is 2. The number of pyridine rings is 1. The molecule has 1 heterocycles. The molecule has 0 saturated heterocycles. The van der Waals surface area contributed by atoms with Crippen LogP contribution in [0.3, 0.4) is 0 Å². The quantitative estimate of drug-likeness (QED) is 0.769. The summed E-state index contributed by atoms with van der Waals surface area (Å²) < 4.78 is 20.0. The van der Waals surface area contributed by atoms with E-state index in [-0.39, 0.29) is 11.5 Å². The van der Waals surface area contributed by atoms with Gasteiger partial charge in [0.15, 0.2) is 5.75 Å². The van der Waals surface area contributed by atoms with Gasteiger partial charge in [0.25, 0.3) is 0 Å². The molecule has 1 rings (SSSR count). The summed E-state index contributed by atoms with van der Waals surface area (Å²) in [6.45, 7) is 3.16. The molecule has 2 N–H and O–H groups in total. The molecule has 0 fully saturated rings. The first-order valence-electron chi connectivity index (χ1n) is 4.10. The second-order valence-corrected chi connectivity index (χ2v) is 4.41. The lowest BCUT2D eigenvalue weighted by molar-refractivity contribution is 0.241.